The van der Waals surface area contributed by atoms with E-state index in [0.29, 0.717) is 5.75 Å². The summed E-state index contributed by atoms with van der Waals surface area (Å²) >= 11 is 1.57. The Morgan fingerprint density at radius 1 is 0.833 bits per heavy atom. The highest BCUT2D eigenvalue weighted by molar-refractivity contribution is 8.00. The smallest absolute Gasteiger partial charge is 0.322 e. The van der Waals surface area contributed by atoms with Crippen LogP contribution in [0.25, 0.3) is 0 Å². The van der Waals surface area contributed by atoms with Gasteiger partial charge >= 0.3 is 5.97 Å². The minimum Gasteiger partial charge on any atom is -0.480 e. The van der Waals surface area contributed by atoms with Gasteiger partial charge in [0, 0.05) is 5.75 Å². The molecule has 30 heavy (non-hydrogen) atoms. The quantitative estimate of drug-likeness (QED) is 0.462. The van der Waals surface area contributed by atoms with Crippen LogP contribution in [0.15, 0.2) is 91.0 Å². The summed E-state index contributed by atoms with van der Waals surface area (Å²) in [6, 6.07) is 29.5. The molecule has 4 N–H and O–H groups in total. The zero-order valence-corrected chi connectivity index (χ0v) is 17.2. The molecule has 3 aromatic carbocycles. The molecule has 0 bridgehead atoms. The van der Waals surface area contributed by atoms with Gasteiger partial charge in [-0.25, -0.2) is 0 Å². The summed E-state index contributed by atoms with van der Waals surface area (Å²) < 4.78 is -0.575. The summed E-state index contributed by atoms with van der Waals surface area (Å²) in [5.74, 6) is -1.27. The van der Waals surface area contributed by atoms with Gasteiger partial charge in [-0.1, -0.05) is 91.0 Å². The van der Waals surface area contributed by atoms with Crippen LogP contribution >= 0.6 is 11.8 Å². The predicted molar refractivity (Wildman–Crippen MR) is 120 cm³/mol. The van der Waals surface area contributed by atoms with Gasteiger partial charge in [0.2, 0.25) is 5.91 Å². The van der Waals surface area contributed by atoms with Crippen LogP contribution < -0.4 is 11.1 Å². The second kappa shape index (κ2) is 10.1. The normalized spacial score (nSPS) is 12.2. The van der Waals surface area contributed by atoms with E-state index in [2.05, 4.69) is 41.7 Å². The Morgan fingerprint density at radius 2 is 1.23 bits per heavy atom. The highest BCUT2D eigenvalue weighted by atomic mass is 32.2. The van der Waals surface area contributed by atoms with Crippen molar-refractivity contribution in [2.45, 2.75) is 10.8 Å². The van der Waals surface area contributed by atoms with E-state index >= 15 is 0 Å². The molecule has 0 saturated heterocycles. The zero-order chi connectivity index (χ0) is 21.4. The van der Waals surface area contributed by atoms with Gasteiger partial charge in [0.25, 0.3) is 0 Å². The van der Waals surface area contributed by atoms with Crippen molar-refractivity contribution in [1.29, 1.82) is 0 Å². The first-order chi connectivity index (χ1) is 14.5. The second-order valence-corrected chi connectivity index (χ2v) is 8.04. The highest BCUT2D eigenvalue weighted by Gasteiger charge is 2.37. The van der Waals surface area contributed by atoms with Crippen LogP contribution in [0.4, 0.5) is 0 Å². The van der Waals surface area contributed by atoms with Gasteiger partial charge in [0.15, 0.2) is 0 Å². The fourth-order valence-corrected chi connectivity index (χ4v) is 4.84. The van der Waals surface area contributed by atoms with Crippen LogP contribution in [0.2, 0.25) is 0 Å². The Kier molecular flexibility index (Phi) is 7.27. The van der Waals surface area contributed by atoms with Crippen LogP contribution in [-0.2, 0) is 14.3 Å². The average molecular weight is 421 g/mol. The lowest BCUT2D eigenvalue weighted by atomic mass is 9.84. The molecule has 5 nitrogen and oxygen atoms in total. The standard InChI is InChI=1S/C24H24N2O3S/c25-21(23(29)26-16-22(27)28)17-30-24(18-10-4-1-5-11-18,19-12-6-2-7-13-19)20-14-8-3-9-15-20/h1-15,21H,16-17,25H2,(H,26,29)(H,27,28)/t21-/m1/s1. The molecule has 0 unspecified atom stereocenters. The van der Waals surface area contributed by atoms with E-state index < -0.39 is 29.2 Å². The van der Waals surface area contributed by atoms with Crippen LogP contribution in [0.1, 0.15) is 16.7 Å². The minimum absolute atomic E-state index is 0.310. The number of hydrogen-bond donors (Lipinski definition) is 3. The van der Waals surface area contributed by atoms with Crippen molar-refractivity contribution in [2.24, 2.45) is 5.73 Å². The largest absolute Gasteiger partial charge is 0.480 e. The number of amides is 1. The number of aliphatic carboxylic acids is 1. The fraction of sp³-hybridized carbons (Fsp3) is 0.167. The number of thioether (sulfide) groups is 1. The topological polar surface area (TPSA) is 92.4 Å². The third kappa shape index (κ3) is 4.90. The maximum absolute atomic E-state index is 12.3. The molecule has 1 atom stereocenters. The number of hydrogen-bond acceptors (Lipinski definition) is 4. The summed E-state index contributed by atoms with van der Waals surface area (Å²) in [6.07, 6.45) is 0. The van der Waals surface area contributed by atoms with E-state index in [1.807, 2.05) is 54.6 Å². The van der Waals surface area contributed by atoms with Crippen LogP contribution in [-0.4, -0.2) is 35.3 Å². The summed E-state index contributed by atoms with van der Waals surface area (Å²) in [7, 11) is 0. The maximum atomic E-state index is 12.3. The molecule has 0 spiro atoms. The van der Waals surface area contributed by atoms with Crippen molar-refractivity contribution in [3.63, 3.8) is 0 Å². The molecule has 154 valence electrons. The molecule has 0 aliphatic heterocycles. The summed E-state index contributed by atoms with van der Waals surface area (Å²) in [5.41, 5.74) is 9.34. The third-order valence-corrected chi connectivity index (χ3v) is 6.44. The fourth-order valence-electron chi connectivity index (χ4n) is 3.35. The zero-order valence-electron chi connectivity index (χ0n) is 16.4. The molecule has 0 heterocycles. The van der Waals surface area contributed by atoms with Gasteiger partial charge in [-0.2, -0.15) is 0 Å². The SMILES string of the molecule is N[C@H](CSC(c1ccccc1)(c1ccccc1)c1ccccc1)C(=O)NCC(=O)O. The van der Waals surface area contributed by atoms with E-state index in [1.54, 1.807) is 11.8 Å². The van der Waals surface area contributed by atoms with Crippen LogP contribution in [0.3, 0.4) is 0 Å². The number of carbonyl (C=O) groups excluding carboxylic acids is 1. The highest BCUT2D eigenvalue weighted by Crippen LogP contribution is 2.48. The molecule has 6 heteroatoms. The van der Waals surface area contributed by atoms with Crippen molar-refractivity contribution < 1.29 is 14.7 Å². The van der Waals surface area contributed by atoms with Crippen LogP contribution in [0.5, 0.6) is 0 Å². The van der Waals surface area contributed by atoms with E-state index in [-0.39, 0.29) is 0 Å². The monoisotopic (exact) mass is 420 g/mol. The predicted octanol–water partition coefficient (Wildman–Crippen LogP) is 3.24. The molecular weight excluding hydrogens is 396 g/mol. The number of rotatable bonds is 9. The summed E-state index contributed by atoms with van der Waals surface area (Å²) in [5, 5.41) is 11.1. The molecular formula is C24H24N2O3S. The van der Waals surface area contributed by atoms with Crippen molar-refractivity contribution in [1.82, 2.24) is 5.32 Å². The van der Waals surface area contributed by atoms with Crippen LogP contribution in [0, 0.1) is 0 Å². The second-order valence-electron chi connectivity index (χ2n) is 6.81. The van der Waals surface area contributed by atoms with E-state index in [0.717, 1.165) is 16.7 Å². The Hall–Kier alpha value is -3.09. The van der Waals surface area contributed by atoms with Crippen molar-refractivity contribution in [3.05, 3.63) is 108 Å². The number of benzene rings is 3. The number of nitrogens with one attached hydrogen (secondary N) is 1. The minimum atomic E-state index is -1.10. The van der Waals surface area contributed by atoms with Gasteiger partial charge < -0.3 is 16.2 Å². The van der Waals surface area contributed by atoms with Gasteiger partial charge in [-0.05, 0) is 16.7 Å². The molecule has 3 aromatic rings. The van der Waals surface area contributed by atoms with Crippen molar-refractivity contribution >= 4 is 23.6 Å². The van der Waals surface area contributed by atoms with Gasteiger partial charge in [0.05, 0.1) is 10.8 Å². The first kappa shape index (κ1) is 21.6. The number of carboxylic acids is 1. The van der Waals surface area contributed by atoms with E-state index in [9.17, 15) is 9.59 Å². The lowest BCUT2D eigenvalue weighted by molar-refractivity contribution is -0.138. The molecule has 0 aromatic heterocycles. The Balaban J connectivity index is 2.01. The van der Waals surface area contributed by atoms with Crippen molar-refractivity contribution in [3.8, 4) is 0 Å². The van der Waals surface area contributed by atoms with Gasteiger partial charge in [0.1, 0.15) is 6.54 Å². The first-order valence-electron chi connectivity index (χ1n) is 9.59. The average Bonchev–Trinajstić information content (AvgIpc) is 2.80. The maximum Gasteiger partial charge on any atom is 0.322 e. The molecule has 0 saturated carbocycles. The molecule has 3 rings (SSSR count). The lowest BCUT2D eigenvalue weighted by Crippen LogP contribution is -2.45. The number of carboxylic acid groups (broad SMARTS) is 1. The molecule has 1 amide bonds. The van der Waals surface area contributed by atoms with E-state index in [4.69, 9.17) is 10.8 Å². The van der Waals surface area contributed by atoms with Gasteiger partial charge in [-0.15, -0.1) is 11.8 Å². The third-order valence-electron chi connectivity index (χ3n) is 4.77. The Morgan fingerprint density at radius 3 is 1.60 bits per heavy atom. The molecule has 0 aliphatic rings. The summed E-state index contributed by atoms with van der Waals surface area (Å²) in [4.78, 5) is 23.0. The lowest BCUT2D eigenvalue weighted by Gasteiger charge is -2.36. The first-order valence-corrected chi connectivity index (χ1v) is 10.6. The van der Waals surface area contributed by atoms with Gasteiger partial charge in [-0.3, -0.25) is 9.59 Å². The van der Waals surface area contributed by atoms with E-state index in [1.165, 1.54) is 0 Å². The number of carbonyl (C=O) groups is 2. The summed E-state index contributed by atoms with van der Waals surface area (Å²) in [6.45, 7) is -0.446. The number of nitrogens with two attached hydrogens (primary N) is 1. The molecule has 0 radical (unpaired) electrons. The Labute approximate surface area is 180 Å². The molecule has 0 aliphatic carbocycles. The molecule has 0 fully saturated rings. The Bertz CT molecular complexity index is 869. The van der Waals surface area contributed by atoms with Crippen molar-refractivity contribution in [2.75, 3.05) is 12.3 Å².